The Balaban J connectivity index is 2.61. The molecule has 2 rings (SSSR count). The molecule has 1 aromatic carbocycles. The zero-order chi connectivity index (χ0) is 10.1. The molecule has 2 nitrogen and oxygen atoms in total. The van der Waals surface area contributed by atoms with Gasteiger partial charge in [-0.25, -0.2) is 0 Å². The topological polar surface area (TPSA) is 49.8 Å². The fourth-order valence-corrected chi connectivity index (χ4v) is 2.55. The molecular weight excluding hydrogens is 216 g/mol. The maximum Gasteiger partial charge on any atom is 0.0696 e. The second kappa shape index (κ2) is 3.49. The van der Waals surface area contributed by atoms with E-state index in [1.807, 2.05) is 18.2 Å². The average Bonchev–Trinajstić information content (AvgIpc) is 2.48. The van der Waals surface area contributed by atoms with E-state index in [2.05, 4.69) is 6.07 Å². The van der Waals surface area contributed by atoms with Gasteiger partial charge >= 0.3 is 0 Å². The first-order valence-corrected chi connectivity index (χ1v) is 5.24. The van der Waals surface area contributed by atoms with Gasteiger partial charge < -0.3 is 5.73 Å². The van der Waals surface area contributed by atoms with Crippen LogP contribution in [-0.2, 0) is 6.42 Å². The number of rotatable bonds is 1. The Bertz CT molecular complexity index is 486. The maximum atomic E-state index is 8.56. The van der Waals surface area contributed by atoms with Crippen LogP contribution in [0.3, 0.4) is 0 Å². The van der Waals surface area contributed by atoms with Gasteiger partial charge in [0.25, 0.3) is 0 Å². The smallest absolute Gasteiger partial charge is 0.0696 e. The molecule has 0 atom stereocenters. The first-order valence-electron chi connectivity index (χ1n) is 4.05. The summed E-state index contributed by atoms with van der Waals surface area (Å²) >= 11 is 7.47. The lowest BCUT2D eigenvalue weighted by molar-refractivity contribution is 1.32. The number of benzene rings is 1. The molecule has 0 bridgehead atoms. The van der Waals surface area contributed by atoms with Crippen molar-refractivity contribution in [1.82, 2.24) is 0 Å². The van der Waals surface area contributed by atoms with Crippen LogP contribution in [0.25, 0.3) is 10.1 Å². The number of nitrogen functional groups attached to an aromatic ring is 1. The highest BCUT2D eigenvalue weighted by atomic mass is 35.5. The Morgan fingerprint density at radius 1 is 1.43 bits per heavy atom. The van der Waals surface area contributed by atoms with Crippen molar-refractivity contribution in [3.63, 3.8) is 0 Å². The largest absolute Gasteiger partial charge is 0.398 e. The molecular formula is C10H7ClN2S. The molecule has 0 aliphatic rings. The summed E-state index contributed by atoms with van der Waals surface area (Å²) in [5.41, 5.74) is 6.26. The predicted molar refractivity (Wildman–Crippen MR) is 60.6 cm³/mol. The minimum absolute atomic E-state index is 0.441. The van der Waals surface area contributed by atoms with Gasteiger partial charge in [-0.05, 0) is 23.6 Å². The number of fused-ring (bicyclic) bond motifs is 1. The van der Waals surface area contributed by atoms with Crippen molar-refractivity contribution in [2.75, 3.05) is 5.73 Å². The van der Waals surface area contributed by atoms with Gasteiger partial charge in [-0.3, -0.25) is 0 Å². The Morgan fingerprint density at radius 3 is 2.93 bits per heavy atom. The number of thiophene rings is 1. The molecule has 0 radical (unpaired) electrons. The quantitative estimate of drug-likeness (QED) is 0.754. The second-order valence-electron chi connectivity index (χ2n) is 2.96. The van der Waals surface area contributed by atoms with Crippen LogP contribution in [0, 0.1) is 11.3 Å². The highest BCUT2D eigenvalue weighted by Gasteiger charge is 2.04. The van der Waals surface area contributed by atoms with Gasteiger partial charge in [0, 0.05) is 9.58 Å². The molecule has 0 aliphatic carbocycles. The first kappa shape index (κ1) is 9.32. The van der Waals surface area contributed by atoms with Gasteiger partial charge in [-0.1, -0.05) is 11.6 Å². The maximum absolute atomic E-state index is 8.56. The summed E-state index contributed by atoms with van der Waals surface area (Å²) < 4.78 is 1.08. The normalized spacial score (nSPS) is 10.3. The minimum Gasteiger partial charge on any atom is -0.398 e. The second-order valence-corrected chi connectivity index (χ2v) is 4.53. The fraction of sp³-hybridized carbons (Fsp3) is 0.100. The summed E-state index contributed by atoms with van der Waals surface area (Å²) in [6.45, 7) is 0. The van der Waals surface area contributed by atoms with Crippen molar-refractivity contribution in [3.05, 3.63) is 28.1 Å². The summed E-state index contributed by atoms with van der Waals surface area (Å²) in [5.74, 6) is 0. The summed E-state index contributed by atoms with van der Waals surface area (Å²) in [6, 6.07) is 7.79. The van der Waals surface area contributed by atoms with E-state index in [1.54, 1.807) is 11.3 Å². The lowest BCUT2D eigenvalue weighted by atomic mass is 10.2. The van der Waals surface area contributed by atoms with Crippen molar-refractivity contribution < 1.29 is 0 Å². The minimum atomic E-state index is 0.441. The van der Waals surface area contributed by atoms with Gasteiger partial charge in [0.15, 0.2) is 0 Å². The van der Waals surface area contributed by atoms with E-state index in [1.165, 1.54) is 0 Å². The lowest BCUT2D eigenvalue weighted by Crippen LogP contribution is -1.83. The van der Waals surface area contributed by atoms with E-state index in [4.69, 9.17) is 22.6 Å². The molecule has 2 aromatic rings. The predicted octanol–water partition coefficient (Wildman–Crippen LogP) is 3.20. The summed E-state index contributed by atoms with van der Waals surface area (Å²) in [7, 11) is 0. The number of anilines is 1. The van der Waals surface area contributed by atoms with Crippen molar-refractivity contribution in [1.29, 1.82) is 5.26 Å². The van der Waals surface area contributed by atoms with Gasteiger partial charge in [0.05, 0.1) is 23.2 Å². The number of hydrogen-bond acceptors (Lipinski definition) is 3. The number of nitriles is 1. The highest BCUT2D eigenvalue weighted by Crippen LogP contribution is 2.32. The molecule has 0 spiro atoms. The Kier molecular flexibility index (Phi) is 2.32. The van der Waals surface area contributed by atoms with E-state index in [9.17, 15) is 0 Å². The van der Waals surface area contributed by atoms with Crippen LogP contribution >= 0.6 is 22.9 Å². The molecule has 0 aliphatic heterocycles. The van der Waals surface area contributed by atoms with Crippen molar-refractivity contribution in [2.45, 2.75) is 6.42 Å². The molecule has 70 valence electrons. The monoisotopic (exact) mass is 222 g/mol. The summed E-state index contributed by atoms with van der Waals surface area (Å²) in [6.07, 6.45) is 0.441. The van der Waals surface area contributed by atoms with Crippen LogP contribution < -0.4 is 5.73 Å². The summed E-state index contributed by atoms with van der Waals surface area (Å²) in [4.78, 5) is 1.05. The van der Waals surface area contributed by atoms with Crippen LogP contribution in [0.15, 0.2) is 18.2 Å². The van der Waals surface area contributed by atoms with Crippen LogP contribution in [-0.4, -0.2) is 0 Å². The number of nitrogens with zero attached hydrogens (tertiary/aromatic N) is 1. The third kappa shape index (κ3) is 1.54. The SMILES string of the molecule is N#CCc1cc2cc(N)c(Cl)cc2s1. The van der Waals surface area contributed by atoms with Crippen LogP contribution in [0.5, 0.6) is 0 Å². The van der Waals surface area contributed by atoms with E-state index >= 15 is 0 Å². The molecule has 0 unspecified atom stereocenters. The molecule has 14 heavy (non-hydrogen) atoms. The molecule has 0 fully saturated rings. The first-order chi connectivity index (χ1) is 6.70. The zero-order valence-electron chi connectivity index (χ0n) is 7.25. The molecule has 0 saturated carbocycles. The molecule has 4 heteroatoms. The van der Waals surface area contributed by atoms with Gasteiger partial charge in [-0.15, -0.1) is 11.3 Å². The van der Waals surface area contributed by atoms with Crippen molar-refractivity contribution >= 4 is 38.7 Å². The van der Waals surface area contributed by atoms with Crippen molar-refractivity contribution in [3.8, 4) is 6.07 Å². The van der Waals surface area contributed by atoms with Gasteiger partial charge in [0.2, 0.25) is 0 Å². The third-order valence-corrected chi connectivity index (χ3v) is 3.37. The highest BCUT2D eigenvalue weighted by molar-refractivity contribution is 7.19. The molecule has 0 amide bonds. The van der Waals surface area contributed by atoms with Crippen LogP contribution in [0.1, 0.15) is 4.88 Å². The standard InChI is InChI=1S/C10H7ClN2S/c11-8-5-10-6(4-9(8)13)3-7(14-10)1-2-12/h3-5H,1,13H2. The molecule has 2 N–H and O–H groups in total. The molecule has 1 heterocycles. The summed E-state index contributed by atoms with van der Waals surface area (Å²) in [5, 5.41) is 10.2. The Hall–Kier alpha value is -1.24. The van der Waals surface area contributed by atoms with Crippen LogP contribution in [0.4, 0.5) is 5.69 Å². The lowest BCUT2D eigenvalue weighted by Gasteiger charge is -1.96. The van der Waals surface area contributed by atoms with E-state index < -0.39 is 0 Å². The average molecular weight is 223 g/mol. The Labute approximate surface area is 90.5 Å². The van der Waals surface area contributed by atoms with Crippen LogP contribution in [0.2, 0.25) is 5.02 Å². The van der Waals surface area contributed by atoms with Gasteiger partial charge in [-0.2, -0.15) is 5.26 Å². The van der Waals surface area contributed by atoms with Gasteiger partial charge in [0.1, 0.15) is 0 Å². The van der Waals surface area contributed by atoms with E-state index in [-0.39, 0.29) is 0 Å². The molecule has 0 saturated heterocycles. The number of halogens is 1. The van der Waals surface area contributed by atoms with E-state index in [0.29, 0.717) is 17.1 Å². The van der Waals surface area contributed by atoms with E-state index in [0.717, 1.165) is 15.0 Å². The van der Waals surface area contributed by atoms with Crippen molar-refractivity contribution in [2.24, 2.45) is 0 Å². The Morgan fingerprint density at radius 2 is 2.21 bits per heavy atom. The number of nitrogens with two attached hydrogens (primary N) is 1. The number of hydrogen-bond donors (Lipinski definition) is 1. The third-order valence-electron chi connectivity index (χ3n) is 1.94. The molecule has 1 aromatic heterocycles. The zero-order valence-corrected chi connectivity index (χ0v) is 8.82. The fourth-order valence-electron chi connectivity index (χ4n) is 1.30.